The zero-order valence-electron chi connectivity index (χ0n) is 16.2. The van der Waals surface area contributed by atoms with Gasteiger partial charge in [0.2, 0.25) is 5.75 Å². The molecule has 3 aromatic carbocycles. The Bertz CT molecular complexity index is 954. The number of carbonyl (C=O) groups is 1. The lowest BCUT2D eigenvalue weighted by atomic mass is 10.0. The van der Waals surface area contributed by atoms with Gasteiger partial charge in [0.05, 0.1) is 26.9 Å². The van der Waals surface area contributed by atoms with Crippen LogP contribution < -0.4 is 19.5 Å². The lowest BCUT2D eigenvalue weighted by molar-refractivity contribution is 0.102. The van der Waals surface area contributed by atoms with Gasteiger partial charge in [-0.25, -0.2) is 0 Å². The van der Waals surface area contributed by atoms with Crippen molar-refractivity contribution in [2.75, 3.05) is 26.6 Å². The first-order valence-electron chi connectivity index (χ1n) is 8.90. The highest BCUT2D eigenvalue weighted by molar-refractivity contribution is 6.07. The summed E-state index contributed by atoms with van der Waals surface area (Å²) in [5, 5.41) is 3.00. The lowest BCUT2D eigenvalue weighted by Crippen LogP contribution is -2.15. The molecule has 5 nitrogen and oxygen atoms in total. The van der Waals surface area contributed by atoms with Gasteiger partial charge in [-0.3, -0.25) is 4.79 Å². The molecule has 0 saturated carbocycles. The first-order valence-corrected chi connectivity index (χ1v) is 8.90. The van der Waals surface area contributed by atoms with E-state index in [2.05, 4.69) is 17.4 Å². The van der Waals surface area contributed by atoms with Gasteiger partial charge in [0.1, 0.15) is 0 Å². The molecule has 0 unspecified atom stereocenters. The van der Waals surface area contributed by atoms with Crippen LogP contribution in [0, 0.1) is 0 Å². The monoisotopic (exact) mass is 377 g/mol. The third-order valence-electron chi connectivity index (χ3n) is 4.45. The van der Waals surface area contributed by atoms with Crippen molar-refractivity contribution in [3.05, 3.63) is 83.4 Å². The van der Waals surface area contributed by atoms with Crippen LogP contribution >= 0.6 is 0 Å². The van der Waals surface area contributed by atoms with Crippen molar-refractivity contribution in [2.24, 2.45) is 0 Å². The van der Waals surface area contributed by atoms with Crippen LogP contribution in [0.5, 0.6) is 17.2 Å². The summed E-state index contributed by atoms with van der Waals surface area (Å²) in [4.78, 5) is 13.0. The number of hydrogen-bond donors (Lipinski definition) is 1. The molecule has 28 heavy (non-hydrogen) atoms. The Labute approximate surface area is 164 Å². The maximum atomic E-state index is 13.0. The number of anilines is 1. The number of ether oxygens (including phenoxy) is 3. The van der Waals surface area contributed by atoms with Gasteiger partial charge >= 0.3 is 0 Å². The molecule has 0 spiro atoms. The molecule has 5 heteroatoms. The van der Waals surface area contributed by atoms with E-state index in [9.17, 15) is 4.79 Å². The Hall–Kier alpha value is -3.47. The lowest BCUT2D eigenvalue weighted by Gasteiger charge is -2.16. The summed E-state index contributed by atoms with van der Waals surface area (Å²) in [5.74, 6) is 0.939. The minimum absolute atomic E-state index is 0.279. The second-order valence-corrected chi connectivity index (χ2v) is 6.16. The van der Waals surface area contributed by atoms with Crippen LogP contribution in [0.25, 0.3) is 0 Å². The molecule has 0 radical (unpaired) electrons. The Kier molecular flexibility index (Phi) is 6.17. The van der Waals surface area contributed by atoms with Crippen molar-refractivity contribution in [2.45, 2.75) is 6.42 Å². The fraction of sp³-hybridized carbons (Fsp3) is 0.174. The Morgan fingerprint density at radius 1 is 0.786 bits per heavy atom. The van der Waals surface area contributed by atoms with Crippen LogP contribution in [0.3, 0.4) is 0 Å². The predicted molar refractivity (Wildman–Crippen MR) is 110 cm³/mol. The summed E-state index contributed by atoms with van der Waals surface area (Å²) in [6, 6.07) is 21.2. The van der Waals surface area contributed by atoms with Gasteiger partial charge in [-0.1, -0.05) is 48.5 Å². The fourth-order valence-electron chi connectivity index (χ4n) is 3.08. The topological polar surface area (TPSA) is 56.8 Å². The second kappa shape index (κ2) is 8.95. The third-order valence-corrected chi connectivity index (χ3v) is 4.45. The summed E-state index contributed by atoms with van der Waals surface area (Å²) in [7, 11) is 4.55. The highest BCUT2D eigenvalue weighted by Gasteiger charge is 2.21. The molecule has 0 fully saturated rings. The number of benzene rings is 3. The van der Waals surface area contributed by atoms with E-state index in [-0.39, 0.29) is 5.91 Å². The Balaban J connectivity index is 1.90. The Morgan fingerprint density at radius 2 is 1.46 bits per heavy atom. The first-order chi connectivity index (χ1) is 13.7. The SMILES string of the molecule is COc1ccc(C(=O)Nc2ccccc2Cc2ccccc2)c(OC)c1OC. The van der Waals surface area contributed by atoms with Crippen LogP contribution in [0.4, 0.5) is 5.69 Å². The molecule has 0 aliphatic rings. The van der Waals surface area contributed by atoms with E-state index in [0.29, 0.717) is 22.8 Å². The van der Waals surface area contributed by atoms with Crippen LogP contribution in [0.1, 0.15) is 21.5 Å². The van der Waals surface area contributed by atoms with Gasteiger partial charge < -0.3 is 19.5 Å². The van der Waals surface area contributed by atoms with Crippen molar-refractivity contribution in [3.63, 3.8) is 0 Å². The molecular weight excluding hydrogens is 354 g/mol. The predicted octanol–water partition coefficient (Wildman–Crippen LogP) is 4.56. The Morgan fingerprint density at radius 3 is 2.14 bits per heavy atom. The number of hydrogen-bond acceptors (Lipinski definition) is 4. The minimum atomic E-state index is -0.279. The van der Waals surface area contributed by atoms with Crippen LogP contribution in [0.15, 0.2) is 66.7 Å². The molecule has 1 amide bonds. The van der Waals surface area contributed by atoms with E-state index in [1.165, 1.54) is 26.9 Å². The summed E-state index contributed by atoms with van der Waals surface area (Å²) < 4.78 is 16.1. The van der Waals surface area contributed by atoms with E-state index in [1.54, 1.807) is 12.1 Å². The number of carbonyl (C=O) groups excluding carboxylic acids is 1. The van der Waals surface area contributed by atoms with Crippen molar-refractivity contribution in [1.29, 1.82) is 0 Å². The van der Waals surface area contributed by atoms with Gasteiger partial charge in [-0.2, -0.15) is 0 Å². The van der Waals surface area contributed by atoms with Crippen molar-refractivity contribution < 1.29 is 19.0 Å². The van der Waals surface area contributed by atoms with E-state index < -0.39 is 0 Å². The molecule has 0 atom stereocenters. The highest BCUT2D eigenvalue weighted by atomic mass is 16.5. The summed E-state index contributed by atoms with van der Waals surface area (Å²) in [6.45, 7) is 0. The maximum Gasteiger partial charge on any atom is 0.259 e. The number of nitrogens with one attached hydrogen (secondary N) is 1. The summed E-state index contributed by atoms with van der Waals surface area (Å²) >= 11 is 0. The van der Waals surface area contributed by atoms with Crippen molar-refractivity contribution in [1.82, 2.24) is 0 Å². The van der Waals surface area contributed by atoms with Gasteiger partial charge in [0.25, 0.3) is 5.91 Å². The average molecular weight is 377 g/mol. The van der Waals surface area contributed by atoms with Crippen LogP contribution in [-0.2, 0) is 6.42 Å². The molecule has 0 aliphatic carbocycles. The average Bonchev–Trinajstić information content (AvgIpc) is 2.74. The standard InChI is InChI=1S/C23H23NO4/c1-26-20-14-13-18(21(27-2)22(20)28-3)23(25)24-19-12-8-7-11-17(19)15-16-9-5-4-6-10-16/h4-14H,15H2,1-3H3,(H,24,25). The third kappa shape index (κ3) is 4.09. The largest absolute Gasteiger partial charge is 0.493 e. The van der Waals surface area contributed by atoms with Crippen molar-refractivity contribution in [3.8, 4) is 17.2 Å². The molecule has 0 heterocycles. The molecule has 1 N–H and O–H groups in total. The van der Waals surface area contributed by atoms with Crippen LogP contribution in [0.2, 0.25) is 0 Å². The van der Waals surface area contributed by atoms with Crippen LogP contribution in [-0.4, -0.2) is 27.2 Å². The molecule has 144 valence electrons. The molecular formula is C23H23NO4. The fourth-order valence-corrected chi connectivity index (χ4v) is 3.08. The van der Waals surface area contributed by atoms with Gasteiger partial charge in [0.15, 0.2) is 11.5 Å². The molecule has 0 aliphatic heterocycles. The van der Waals surface area contributed by atoms with E-state index in [1.807, 2.05) is 42.5 Å². The minimum Gasteiger partial charge on any atom is -0.493 e. The zero-order chi connectivity index (χ0) is 19.9. The maximum absolute atomic E-state index is 13.0. The van der Waals surface area contributed by atoms with Gasteiger partial charge in [-0.05, 0) is 35.7 Å². The summed E-state index contributed by atoms with van der Waals surface area (Å²) in [5.41, 5.74) is 3.33. The molecule has 3 aromatic rings. The normalized spacial score (nSPS) is 10.2. The number of rotatable bonds is 7. The van der Waals surface area contributed by atoms with E-state index in [4.69, 9.17) is 14.2 Å². The zero-order valence-corrected chi connectivity index (χ0v) is 16.2. The quantitative estimate of drug-likeness (QED) is 0.656. The number of para-hydroxylation sites is 1. The smallest absolute Gasteiger partial charge is 0.259 e. The first kappa shape index (κ1) is 19.3. The van der Waals surface area contributed by atoms with E-state index >= 15 is 0 Å². The van der Waals surface area contributed by atoms with Gasteiger partial charge in [-0.15, -0.1) is 0 Å². The molecule has 3 rings (SSSR count). The molecule has 0 aromatic heterocycles. The van der Waals surface area contributed by atoms with E-state index in [0.717, 1.165) is 17.7 Å². The van der Waals surface area contributed by atoms with Crippen molar-refractivity contribution >= 4 is 11.6 Å². The summed E-state index contributed by atoms with van der Waals surface area (Å²) in [6.07, 6.45) is 0.723. The number of amides is 1. The molecule has 0 saturated heterocycles. The highest BCUT2D eigenvalue weighted by Crippen LogP contribution is 2.40. The molecule has 0 bridgehead atoms. The number of methoxy groups -OCH3 is 3. The van der Waals surface area contributed by atoms with Gasteiger partial charge in [0, 0.05) is 5.69 Å². The second-order valence-electron chi connectivity index (χ2n) is 6.16.